The van der Waals surface area contributed by atoms with E-state index in [1.165, 1.54) is 32.1 Å². The Labute approximate surface area is 154 Å². The van der Waals surface area contributed by atoms with Gasteiger partial charge in [-0.25, -0.2) is 4.98 Å². The molecular formula is C22H25N3O. The quantitative estimate of drug-likeness (QED) is 0.743. The number of benzene rings is 2. The van der Waals surface area contributed by atoms with Crippen LogP contribution in [0.15, 0.2) is 54.6 Å². The number of carbonyl (C=O) groups is 1. The van der Waals surface area contributed by atoms with Gasteiger partial charge in [0.2, 0.25) is 5.91 Å². The largest absolute Gasteiger partial charge is 0.350 e. The van der Waals surface area contributed by atoms with Crippen LogP contribution in [0.2, 0.25) is 0 Å². The van der Waals surface area contributed by atoms with E-state index >= 15 is 0 Å². The van der Waals surface area contributed by atoms with Crippen LogP contribution >= 0.6 is 0 Å². The van der Waals surface area contributed by atoms with Gasteiger partial charge in [-0.1, -0.05) is 61.7 Å². The van der Waals surface area contributed by atoms with Crippen LogP contribution in [-0.2, 0) is 17.9 Å². The number of imidazole rings is 1. The molecule has 1 aliphatic carbocycles. The van der Waals surface area contributed by atoms with E-state index in [0.29, 0.717) is 19.0 Å². The first-order valence-corrected chi connectivity index (χ1v) is 9.57. The van der Waals surface area contributed by atoms with E-state index < -0.39 is 0 Å². The minimum Gasteiger partial charge on any atom is -0.350 e. The van der Waals surface area contributed by atoms with Gasteiger partial charge in [0.25, 0.3) is 0 Å². The average molecular weight is 347 g/mol. The fraction of sp³-hybridized carbons (Fsp3) is 0.364. The first kappa shape index (κ1) is 16.8. The number of hydrogen-bond donors (Lipinski definition) is 1. The maximum Gasteiger partial charge on any atom is 0.240 e. The lowest BCUT2D eigenvalue weighted by Crippen LogP contribution is -2.28. The van der Waals surface area contributed by atoms with E-state index in [2.05, 4.69) is 16.0 Å². The van der Waals surface area contributed by atoms with Gasteiger partial charge in [-0.05, 0) is 30.5 Å². The summed E-state index contributed by atoms with van der Waals surface area (Å²) in [5, 5.41) is 3.04. The molecule has 4 heteroatoms. The van der Waals surface area contributed by atoms with Gasteiger partial charge in [0.1, 0.15) is 12.4 Å². The fourth-order valence-corrected chi connectivity index (χ4v) is 3.93. The monoisotopic (exact) mass is 347 g/mol. The van der Waals surface area contributed by atoms with Crippen molar-refractivity contribution in [3.63, 3.8) is 0 Å². The zero-order chi connectivity index (χ0) is 17.8. The molecule has 1 fully saturated rings. The predicted molar refractivity (Wildman–Crippen MR) is 104 cm³/mol. The molecular weight excluding hydrogens is 322 g/mol. The third kappa shape index (κ3) is 3.64. The Morgan fingerprint density at radius 1 is 1.00 bits per heavy atom. The molecule has 1 aromatic heterocycles. The summed E-state index contributed by atoms with van der Waals surface area (Å²) in [5.74, 6) is 1.59. The number of para-hydroxylation sites is 2. The average Bonchev–Trinajstić information content (AvgIpc) is 3.06. The Bertz CT molecular complexity index is 879. The van der Waals surface area contributed by atoms with Crippen molar-refractivity contribution in [2.24, 2.45) is 0 Å². The van der Waals surface area contributed by atoms with Crippen LogP contribution < -0.4 is 5.32 Å². The Morgan fingerprint density at radius 3 is 2.54 bits per heavy atom. The van der Waals surface area contributed by atoms with Gasteiger partial charge >= 0.3 is 0 Å². The summed E-state index contributed by atoms with van der Waals surface area (Å²) in [6.07, 6.45) is 6.18. The van der Waals surface area contributed by atoms with E-state index in [9.17, 15) is 4.79 Å². The topological polar surface area (TPSA) is 46.9 Å². The lowest BCUT2D eigenvalue weighted by Gasteiger charge is -2.22. The predicted octanol–water partition coefficient (Wildman–Crippen LogP) is 4.40. The highest BCUT2D eigenvalue weighted by atomic mass is 16.1. The number of carbonyl (C=O) groups excluding carboxylic acids is 1. The van der Waals surface area contributed by atoms with Crippen LogP contribution in [0, 0.1) is 0 Å². The second kappa shape index (κ2) is 7.73. The molecule has 0 atom stereocenters. The van der Waals surface area contributed by atoms with Crippen LogP contribution in [0.4, 0.5) is 0 Å². The molecule has 0 aliphatic heterocycles. The SMILES string of the molecule is O=C(Cn1c(C2CCCCC2)nc2ccccc21)NCc1ccccc1. The van der Waals surface area contributed by atoms with E-state index in [1.54, 1.807) is 0 Å². The van der Waals surface area contributed by atoms with Gasteiger partial charge < -0.3 is 9.88 Å². The van der Waals surface area contributed by atoms with E-state index in [-0.39, 0.29) is 5.91 Å². The highest BCUT2D eigenvalue weighted by Crippen LogP contribution is 2.33. The summed E-state index contributed by atoms with van der Waals surface area (Å²) < 4.78 is 2.13. The maximum atomic E-state index is 12.6. The van der Waals surface area contributed by atoms with Gasteiger partial charge in [0.15, 0.2) is 0 Å². The highest BCUT2D eigenvalue weighted by molar-refractivity contribution is 5.81. The van der Waals surface area contributed by atoms with Gasteiger partial charge in [0, 0.05) is 12.5 Å². The number of nitrogens with one attached hydrogen (secondary N) is 1. The molecule has 4 rings (SSSR count). The van der Waals surface area contributed by atoms with Crippen LogP contribution in [0.5, 0.6) is 0 Å². The van der Waals surface area contributed by atoms with Crippen molar-refractivity contribution in [1.82, 2.24) is 14.9 Å². The molecule has 0 bridgehead atoms. The van der Waals surface area contributed by atoms with Crippen molar-refractivity contribution in [1.29, 1.82) is 0 Å². The van der Waals surface area contributed by atoms with Crippen LogP contribution in [0.1, 0.15) is 49.4 Å². The molecule has 134 valence electrons. The molecule has 1 saturated carbocycles. The molecule has 4 nitrogen and oxygen atoms in total. The summed E-state index contributed by atoms with van der Waals surface area (Å²) in [4.78, 5) is 17.5. The number of aromatic nitrogens is 2. The smallest absolute Gasteiger partial charge is 0.240 e. The standard InChI is InChI=1S/C22H25N3O/c26-21(23-15-17-9-3-1-4-10-17)16-25-20-14-8-7-13-19(20)24-22(25)18-11-5-2-6-12-18/h1,3-4,7-10,13-14,18H,2,5-6,11-12,15-16H2,(H,23,26). The molecule has 2 aromatic carbocycles. The zero-order valence-corrected chi connectivity index (χ0v) is 15.0. The normalized spacial score (nSPS) is 15.2. The maximum absolute atomic E-state index is 12.6. The molecule has 0 spiro atoms. The first-order valence-electron chi connectivity index (χ1n) is 9.57. The zero-order valence-electron chi connectivity index (χ0n) is 15.0. The summed E-state index contributed by atoms with van der Waals surface area (Å²) in [7, 11) is 0. The van der Waals surface area contributed by atoms with E-state index in [4.69, 9.17) is 4.98 Å². The lowest BCUT2D eigenvalue weighted by molar-refractivity contribution is -0.121. The Kier molecular flexibility index (Phi) is 5.00. The van der Waals surface area contributed by atoms with Crippen molar-refractivity contribution in [2.45, 2.75) is 51.1 Å². The minimum atomic E-state index is 0.0362. The highest BCUT2D eigenvalue weighted by Gasteiger charge is 2.23. The van der Waals surface area contributed by atoms with Crippen LogP contribution in [0.25, 0.3) is 11.0 Å². The molecule has 1 aliphatic rings. The van der Waals surface area contributed by atoms with Gasteiger partial charge in [-0.15, -0.1) is 0 Å². The van der Waals surface area contributed by atoms with Crippen molar-refractivity contribution in [3.8, 4) is 0 Å². The number of fused-ring (bicyclic) bond motifs is 1. The van der Waals surface area contributed by atoms with E-state index in [0.717, 1.165) is 22.4 Å². The van der Waals surface area contributed by atoms with Crippen LogP contribution in [-0.4, -0.2) is 15.5 Å². The Morgan fingerprint density at radius 2 is 1.73 bits per heavy atom. The van der Waals surface area contributed by atoms with Gasteiger partial charge in [-0.3, -0.25) is 4.79 Å². The van der Waals surface area contributed by atoms with Crippen molar-refractivity contribution in [3.05, 3.63) is 66.0 Å². The summed E-state index contributed by atoms with van der Waals surface area (Å²) in [6.45, 7) is 0.893. The van der Waals surface area contributed by atoms with Gasteiger partial charge in [0.05, 0.1) is 11.0 Å². The summed E-state index contributed by atoms with van der Waals surface area (Å²) in [5.41, 5.74) is 3.16. The first-order chi connectivity index (χ1) is 12.8. The second-order valence-electron chi connectivity index (χ2n) is 7.14. The third-order valence-corrected chi connectivity index (χ3v) is 5.29. The number of amides is 1. The molecule has 0 radical (unpaired) electrons. The Hall–Kier alpha value is -2.62. The molecule has 0 unspecified atom stereocenters. The molecule has 3 aromatic rings. The summed E-state index contributed by atoms with van der Waals surface area (Å²) in [6, 6.07) is 18.2. The van der Waals surface area contributed by atoms with Crippen molar-refractivity contribution >= 4 is 16.9 Å². The van der Waals surface area contributed by atoms with Crippen molar-refractivity contribution in [2.75, 3.05) is 0 Å². The summed E-state index contributed by atoms with van der Waals surface area (Å²) >= 11 is 0. The van der Waals surface area contributed by atoms with Crippen molar-refractivity contribution < 1.29 is 4.79 Å². The molecule has 1 heterocycles. The fourth-order valence-electron chi connectivity index (χ4n) is 3.93. The van der Waals surface area contributed by atoms with E-state index in [1.807, 2.05) is 48.5 Å². The second-order valence-corrected chi connectivity index (χ2v) is 7.14. The number of nitrogens with zero attached hydrogens (tertiary/aromatic N) is 2. The molecule has 0 saturated heterocycles. The van der Waals surface area contributed by atoms with Gasteiger partial charge in [-0.2, -0.15) is 0 Å². The molecule has 1 N–H and O–H groups in total. The molecule has 1 amide bonds. The Balaban J connectivity index is 1.55. The number of rotatable bonds is 5. The minimum absolute atomic E-state index is 0.0362. The van der Waals surface area contributed by atoms with Crippen LogP contribution in [0.3, 0.4) is 0 Å². The number of hydrogen-bond acceptors (Lipinski definition) is 2. The molecule has 26 heavy (non-hydrogen) atoms. The third-order valence-electron chi connectivity index (χ3n) is 5.29. The lowest BCUT2D eigenvalue weighted by atomic mass is 9.88.